The Hall–Kier alpha value is -2.95. The summed E-state index contributed by atoms with van der Waals surface area (Å²) in [5.41, 5.74) is 2.70. The standard InChI is InChI=1S/C23H24N2O3/c1-2-28-23(27)18-13-8-14-19-20(18)21(22(26)17-11-6-7-12-17)24-25(19)15-16-9-4-3-5-10-16/h3-5,8-10,13-14,17H,2,6-7,11-12,15H2,1H3. The number of hydrogen-bond donors (Lipinski definition) is 0. The van der Waals surface area contributed by atoms with E-state index in [0.29, 0.717) is 29.8 Å². The lowest BCUT2D eigenvalue weighted by Crippen LogP contribution is -2.14. The van der Waals surface area contributed by atoms with E-state index in [1.54, 1.807) is 13.0 Å². The molecule has 0 radical (unpaired) electrons. The van der Waals surface area contributed by atoms with Gasteiger partial charge in [0.05, 0.1) is 24.2 Å². The molecule has 1 aliphatic carbocycles. The molecule has 0 spiro atoms. The van der Waals surface area contributed by atoms with E-state index in [-0.39, 0.29) is 11.7 Å². The van der Waals surface area contributed by atoms with Crippen molar-refractivity contribution in [3.8, 4) is 0 Å². The lowest BCUT2D eigenvalue weighted by Gasteiger charge is -2.07. The van der Waals surface area contributed by atoms with Gasteiger partial charge >= 0.3 is 5.97 Å². The van der Waals surface area contributed by atoms with Gasteiger partial charge < -0.3 is 4.74 Å². The highest BCUT2D eigenvalue weighted by Crippen LogP contribution is 2.32. The van der Waals surface area contributed by atoms with Crippen LogP contribution in [0.5, 0.6) is 0 Å². The summed E-state index contributed by atoms with van der Waals surface area (Å²) in [6.07, 6.45) is 3.94. The number of carbonyl (C=O) groups excluding carboxylic acids is 2. The molecule has 0 amide bonds. The Morgan fingerprint density at radius 3 is 2.54 bits per heavy atom. The molecular formula is C23H24N2O3. The summed E-state index contributed by atoms with van der Waals surface area (Å²) in [7, 11) is 0. The molecule has 0 aliphatic heterocycles. The average molecular weight is 376 g/mol. The normalized spacial score (nSPS) is 14.5. The van der Waals surface area contributed by atoms with Gasteiger partial charge in [0, 0.05) is 11.3 Å². The summed E-state index contributed by atoms with van der Waals surface area (Å²) in [4.78, 5) is 25.8. The first-order valence-corrected chi connectivity index (χ1v) is 9.94. The lowest BCUT2D eigenvalue weighted by molar-refractivity contribution is 0.0528. The molecule has 1 fully saturated rings. The zero-order valence-electron chi connectivity index (χ0n) is 16.1. The van der Waals surface area contributed by atoms with Crippen molar-refractivity contribution >= 4 is 22.7 Å². The third kappa shape index (κ3) is 3.44. The smallest absolute Gasteiger partial charge is 0.338 e. The fourth-order valence-electron chi connectivity index (χ4n) is 4.04. The van der Waals surface area contributed by atoms with E-state index in [4.69, 9.17) is 9.84 Å². The summed E-state index contributed by atoms with van der Waals surface area (Å²) in [5.74, 6) is -0.363. The number of fused-ring (bicyclic) bond motifs is 1. The van der Waals surface area contributed by atoms with Gasteiger partial charge in [0.2, 0.25) is 0 Å². The van der Waals surface area contributed by atoms with Crippen molar-refractivity contribution < 1.29 is 14.3 Å². The predicted molar refractivity (Wildman–Crippen MR) is 108 cm³/mol. The number of ketones is 1. The van der Waals surface area contributed by atoms with Crippen LogP contribution in [0.2, 0.25) is 0 Å². The highest BCUT2D eigenvalue weighted by Gasteiger charge is 2.30. The molecule has 1 saturated carbocycles. The number of Topliss-reactive ketones (excluding diaryl/α,β-unsaturated/α-hetero) is 1. The van der Waals surface area contributed by atoms with Crippen LogP contribution in [-0.4, -0.2) is 28.1 Å². The van der Waals surface area contributed by atoms with E-state index in [0.717, 1.165) is 36.8 Å². The first-order chi connectivity index (χ1) is 13.7. The van der Waals surface area contributed by atoms with Crippen molar-refractivity contribution in [1.82, 2.24) is 9.78 Å². The van der Waals surface area contributed by atoms with Crippen LogP contribution in [0.25, 0.3) is 10.9 Å². The van der Waals surface area contributed by atoms with Crippen LogP contribution in [0.15, 0.2) is 48.5 Å². The number of benzene rings is 2. The van der Waals surface area contributed by atoms with Crippen LogP contribution >= 0.6 is 0 Å². The maximum Gasteiger partial charge on any atom is 0.338 e. The van der Waals surface area contributed by atoms with E-state index >= 15 is 0 Å². The molecule has 1 aromatic heterocycles. The maximum atomic E-state index is 13.2. The van der Waals surface area contributed by atoms with Crippen molar-refractivity contribution in [2.45, 2.75) is 39.2 Å². The summed E-state index contributed by atoms with van der Waals surface area (Å²) in [5, 5.41) is 5.31. The number of aromatic nitrogens is 2. The lowest BCUT2D eigenvalue weighted by atomic mass is 9.96. The molecule has 2 aromatic carbocycles. The molecule has 1 heterocycles. The van der Waals surface area contributed by atoms with Crippen molar-refractivity contribution in [3.63, 3.8) is 0 Å². The minimum Gasteiger partial charge on any atom is -0.462 e. The number of ether oxygens (including phenoxy) is 1. The number of nitrogens with zero attached hydrogens (tertiary/aromatic N) is 2. The third-order valence-electron chi connectivity index (χ3n) is 5.41. The van der Waals surface area contributed by atoms with Gasteiger partial charge in [0.15, 0.2) is 5.78 Å². The van der Waals surface area contributed by atoms with Gasteiger partial charge in [-0.15, -0.1) is 0 Å². The molecular weight excluding hydrogens is 352 g/mol. The second kappa shape index (κ2) is 7.97. The zero-order chi connectivity index (χ0) is 19.5. The summed E-state index contributed by atoms with van der Waals surface area (Å²) >= 11 is 0. The van der Waals surface area contributed by atoms with Gasteiger partial charge in [0.25, 0.3) is 0 Å². The fourth-order valence-corrected chi connectivity index (χ4v) is 4.04. The Balaban J connectivity index is 1.85. The van der Waals surface area contributed by atoms with Crippen LogP contribution in [0.3, 0.4) is 0 Å². The quantitative estimate of drug-likeness (QED) is 0.465. The summed E-state index contributed by atoms with van der Waals surface area (Å²) in [6.45, 7) is 2.61. The van der Waals surface area contributed by atoms with Crippen LogP contribution in [0.1, 0.15) is 59.0 Å². The Morgan fingerprint density at radius 2 is 1.82 bits per heavy atom. The van der Waals surface area contributed by atoms with Crippen LogP contribution in [0.4, 0.5) is 0 Å². The minimum atomic E-state index is -0.409. The molecule has 5 nitrogen and oxygen atoms in total. The molecule has 0 atom stereocenters. The summed E-state index contributed by atoms with van der Waals surface area (Å²) in [6, 6.07) is 15.5. The van der Waals surface area contributed by atoms with Crippen LogP contribution in [-0.2, 0) is 11.3 Å². The van der Waals surface area contributed by atoms with E-state index in [1.165, 1.54) is 0 Å². The second-order valence-electron chi connectivity index (χ2n) is 7.26. The first-order valence-electron chi connectivity index (χ1n) is 9.94. The van der Waals surface area contributed by atoms with Gasteiger partial charge in [0.1, 0.15) is 5.69 Å². The molecule has 28 heavy (non-hydrogen) atoms. The van der Waals surface area contributed by atoms with Gasteiger partial charge in [-0.1, -0.05) is 49.2 Å². The molecule has 0 unspecified atom stereocenters. The molecule has 0 N–H and O–H groups in total. The van der Waals surface area contributed by atoms with Gasteiger partial charge in [-0.25, -0.2) is 4.79 Å². The third-order valence-corrected chi connectivity index (χ3v) is 5.41. The van der Waals surface area contributed by atoms with E-state index in [1.807, 2.05) is 47.1 Å². The first kappa shape index (κ1) is 18.4. The van der Waals surface area contributed by atoms with E-state index in [2.05, 4.69) is 0 Å². The van der Waals surface area contributed by atoms with Crippen molar-refractivity contribution in [2.24, 2.45) is 5.92 Å². The number of esters is 1. The number of carbonyl (C=O) groups is 2. The largest absolute Gasteiger partial charge is 0.462 e. The topological polar surface area (TPSA) is 61.2 Å². The van der Waals surface area contributed by atoms with Gasteiger partial charge in [-0.05, 0) is 37.5 Å². The molecule has 0 saturated heterocycles. The van der Waals surface area contributed by atoms with E-state index < -0.39 is 5.97 Å². The Morgan fingerprint density at radius 1 is 1.07 bits per heavy atom. The predicted octanol–water partition coefficient (Wildman–Crippen LogP) is 4.63. The monoisotopic (exact) mass is 376 g/mol. The van der Waals surface area contributed by atoms with Crippen molar-refractivity contribution in [2.75, 3.05) is 6.61 Å². The summed E-state index contributed by atoms with van der Waals surface area (Å²) < 4.78 is 7.07. The molecule has 0 bridgehead atoms. The zero-order valence-corrected chi connectivity index (χ0v) is 16.1. The highest BCUT2D eigenvalue weighted by atomic mass is 16.5. The number of hydrogen-bond acceptors (Lipinski definition) is 4. The van der Waals surface area contributed by atoms with Crippen LogP contribution in [0, 0.1) is 5.92 Å². The Labute approximate surface area is 164 Å². The Kier molecular flexibility index (Phi) is 5.24. The second-order valence-corrected chi connectivity index (χ2v) is 7.26. The fraction of sp³-hybridized carbons (Fsp3) is 0.348. The van der Waals surface area contributed by atoms with Gasteiger partial charge in [-0.2, -0.15) is 5.10 Å². The van der Waals surface area contributed by atoms with Gasteiger partial charge in [-0.3, -0.25) is 9.48 Å². The van der Waals surface area contributed by atoms with E-state index in [9.17, 15) is 9.59 Å². The molecule has 1 aliphatic rings. The molecule has 144 valence electrons. The molecule has 4 rings (SSSR count). The minimum absolute atomic E-state index is 0.00136. The maximum absolute atomic E-state index is 13.2. The number of rotatable bonds is 6. The Bertz CT molecular complexity index is 1000. The molecule has 3 aromatic rings. The van der Waals surface area contributed by atoms with Crippen LogP contribution < -0.4 is 0 Å². The van der Waals surface area contributed by atoms with Crippen molar-refractivity contribution in [1.29, 1.82) is 0 Å². The van der Waals surface area contributed by atoms with Crippen molar-refractivity contribution in [3.05, 3.63) is 65.4 Å². The average Bonchev–Trinajstić information content (AvgIpc) is 3.37. The highest BCUT2D eigenvalue weighted by molar-refractivity contribution is 6.14. The molecule has 5 heteroatoms. The SMILES string of the molecule is CCOC(=O)c1cccc2c1c(C(=O)C1CCCC1)nn2Cc1ccccc1.